The lowest BCUT2D eigenvalue weighted by molar-refractivity contribution is -0.138. The van der Waals surface area contributed by atoms with Crippen molar-refractivity contribution in [3.63, 3.8) is 0 Å². The van der Waals surface area contributed by atoms with Gasteiger partial charge in [-0.2, -0.15) is 5.26 Å². The van der Waals surface area contributed by atoms with Crippen molar-refractivity contribution in [2.75, 3.05) is 0 Å². The van der Waals surface area contributed by atoms with Crippen molar-refractivity contribution in [2.24, 2.45) is 17.3 Å². The van der Waals surface area contributed by atoms with Crippen LogP contribution in [0.5, 0.6) is 0 Å². The van der Waals surface area contributed by atoms with Crippen molar-refractivity contribution in [1.82, 2.24) is 0 Å². The van der Waals surface area contributed by atoms with Gasteiger partial charge in [0.15, 0.2) is 0 Å². The fourth-order valence-electron chi connectivity index (χ4n) is 4.30. The standard InChI is InChI=1S/C22H23NO2/c23-16-22(15-21(24)25)13-19(11-17-7-3-1-4-8-17)20(14-22)12-18-9-5-2-6-10-18/h1-10,19-20H,11-15H2,(H,24,25)/t19-,20-/m0/s1. The van der Waals surface area contributed by atoms with Crippen LogP contribution in [0.4, 0.5) is 0 Å². The Morgan fingerprint density at radius 3 is 1.76 bits per heavy atom. The predicted molar refractivity (Wildman–Crippen MR) is 96.8 cm³/mol. The van der Waals surface area contributed by atoms with E-state index in [1.165, 1.54) is 11.1 Å². The smallest absolute Gasteiger partial charge is 0.304 e. The molecule has 2 aromatic carbocycles. The van der Waals surface area contributed by atoms with E-state index >= 15 is 0 Å². The maximum absolute atomic E-state index is 11.3. The van der Waals surface area contributed by atoms with Gasteiger partial charge < -0.3 is 5.11 Å². The average Bonchev–Trinajstić information content (AvgIpc) is 2.93. The zero-order valence-electron chi connectivity index (χ0n) is 14.3. The minimum atomic E-state index is -0.875. The van der Waals surface area contributed by atoms with Gasteiger partial charge in [-0.15, -0.1) is 0 Å². The van der Waals surface area contributed by atoms with Gasteiger partial charge in [-0.25, -0.2) is 0 Å². The van der Waals surface area contributed by atoms with Gasteiger partial charge in [0.05, 0.1) is 17.9 Å². The summed E-state index contributed by atoms with van der Waals surface area (Å²) in [5, 5.41) is 19.0. The van der Waals surface area contributed by atoms with Crippen LogP contribution in [0.25, 0.3) is 0 Å². The van der Waals surface area contributed by atoms with Gasteiger partial charge in [-0.05, 0) is 48.6 Å². The molecule has 25 heavy (non-hydrogen) atoms. The SMILES string of the molecule is N#CC1(CC(=O)O)C[C@H](Cc2ccccc2)[C@@H](Cc2ccccc2)C1. The molecule has 3 heteroatoms. The van der Waals surface area contributed by atoms with E-state index in [2.05, 4.69) is 30.3 Å². The van der Waals surface area contributed by atoms with E-state index < -0.39 is 11.4 Å². The molecule has 0 saturated heterocycles. The average molecular weight is 333 g/mol. The van der Waals surface area contributed by atoms with Crippen LogP contribution >= 0.6 is 0 Å². The van der Waals surface area contributed by atoms with Crippen LogP contribution < -0.4 is 0 Å². The van der Waals surface area contributed by atoms with E-state index in [4.69, 9.17) is 0 Å². The largest absolute Gasteiger partial charge is 0.481 e. The Kier molecular flexibility index (Phi) is 5.19. The van der Waals surface area contributed by atoms with Gasteiger partial charge in [0.1, 0.15) is 0 Å². The number of nitrogens with zero attached hydrogens (tertiary/aromatic N) is 1. The van der Waals surface area contributed by atoms with Crippen molar-refractivity contribution in [2.45, 2.75) is 32.1 Å². The van der Waals surface area contributed by atoms with E-state index in [9.17, 15) is 15.2 Å². The fraction of sp³-hybridized carbons (Fsp3) is 0.364. The van der Waals surface area contributed by atoms with Crippen molar-refractivity contribution < 1.29 is 9.90 Å². The van der Waals surface area contributed by atoms with Crippen LogP contribution in [-0.4, -0.2) is 11.1 Å². The van der Waals surface area contributed by atoms with E-state index in [1.54, 1.807) is 0 Å². The number of carbonyl (C=O) groups is 1. The number of hydrogen-bond donors (Lipinski definition) is 1. The summed E-state index contributed by atoms with van der Waals surface area (Å²) in [6.45, 7) is 0. The fourth-order valence-corrected chi connectivity index (χ4v) is 4.30. The molecule has 2 aromatic rings. The Hall–Kier alpha value is -2.60. The molecule has 1 aliphatic carbocycles. The van der Waals surface area contributed by atoms with Crippen LogP contribution in [0.2, 0.25) is 0 Å². The summed E-state index contributed by atoms with van der Waals surface area (Å²) in [6.07, 6.45) is 3.09. The molecular formula is C22H23NO2. The first-order valence-corrected chi connectivity index (χ1v) is 8.81. The van der Waals surface area contributed by atoms with Crippen molar-refractivity contribution in [3.8, 4) is 6.07 Å². The molecule has 0 radical (unpaired) electrons. The van der Waals surface area contributed by atoms with Crippen LogP contribution in [0.1, 0.15) is 30.4 Å². The van der Waals surface area contributed by atoms with Gasteiger partial charge in [0.25, 0.3) is 0 Å². The first kappa shape index (κ1) is 17.2. The summed E-state index contributed by atoms with van der Waals surface area (Å²) in [5.74, 6) is -0.205. The summed E-state index contributed by atoms with van der Waals surface area (Å²) in [5.41, 5.74) is 1.79. The van der Waals surface area contributed by atoms with Crippen LogP contribution in [0.3, 0.4) is 0 Å². The molecule has 3 nitrogen and oxygen atoms in total. The highest BCUT2D eigenvalue weighted by molar-refractivity contribution is 5.68. The van der Waals surface area contributed by atoms with Crippen molar-refractivity contribution in [3.05, 3.63) is 71.8 Å². The lowest BCUT2D eigenvalue weighted by Gasteiger charge is -2.19. The summed E-state index contributed by atoms with van der Waals surface area (Å²) < 4.78 is 0. The third kappa shape index (κ3) is 4.28. The van der Waals surface area contributed by atoms with E-state index in [0.29, 0.717) is 24.7 Å². The third-order valence-electron chi connectivity index (χ3n) is 5.38. The quantitative estimate of drug-likeness (QED) is 0.847. The second-order valence-corrected chi connectivity index (χ2v) is 7.27. The molecule has 0 unspecified atom stereocenters. The molecule has 128 valence electrons. The van der Waals surface area contributed by atoms with Gasteiger partial charge >= 0.3 is 5.97 Å². The Morgan fingerprint density at radius 2 is 1.40 bits per heavy atom. The van der Waals surface area contributed by atoms with Crippen molar-refractivity contribution >= 4 is 5.97 Å². The third-order valence-corrected chi connectivity index (χ3v) is 5.38. The molecule has 1 saturated carbocycles. The summed E-state index contributed by atoms with van der Waals surface area (Å²) in [6, 6.07) is 23.0. The highest BCUT2D eigenvalue weighted by Gasteiger charge is 2.46. The predicted octanol–water partition coefficient (Wildman–Crippen LogP) is 4.48. The molecular weight excluding hydrogens is 310 g/mol. The molecule has 3 rings (SSSR count). The summed E-state index contributed by atoms with van der Waals surface area (Å²) in [4.78, 5) is 11.3. The number of carboxylic acid groups (broad SMARTS) is 1. The molecule has 1 N–H and O–H groups in total. The van der Waals surface area contributed by atoms with Gasteiger partial charge in [-0.3, -0.25) is 4.79 Å². The molecule has 0 bridgehead atoms. The molecule has 0 aromatic heterocycles. The number of rotatable bonds is 6. The zero-order valence-corrected chi connectivity index (χ0v) is 14.3. The highest BCUT2D eigenvalue weighted by atomic mass is 16.4. The highest BCUT2D eigenvalue weighted by Crippen LogP contribution is 2.49. The van der Waals surface area contributed by atoms with Gasteiger partial charge in [0, 0.05) is 0 Å². The minimum absolute atomic E-state index is 0.0555. The molecule has 2 atom stereocenters. The van der Waals surface area contributed by atoms with E-state index in [1.807, 2.05) is 36.4 Å². The Morgan fingerprint density at radius 1 is 0.960 bits per heavy atom. The molecule has 1 fully saturated rings. The number of aliphatic carboxylic acids is 1. The minimum Gasteiger partial charge on any atom is -0.481 e. The second kappa shape index (κ2) is 7.53. The van der Waals surface area contributed by atoms with Crippen LogP contribution in [0, 0.1) is 28.6 Å². The second-order valence-electron chi connectivity index (χ2n) is 7.27. The van der Waals surface area contributed by atoms with Gasteiger partial charge in [-0.1, -0.05) is 60.7 Å². The lowest BCUT2D eigenvalue weighted by Crippen LogP contribution is -2.19. The first-order valence-electron chi connectivity index (χ1n) is 8.81. The number of benzene rings is 2. The Bertz CT molecular complexity index is 699. The monoisotopic (exact) mass is 333 g/mol. The maximum Gasteiger partial charge on any atom is 0.304 e. The van der Waals surface area contributed by atoms with Crippen molar-refractivity contribution in [1.29, 1.82) is 5.26 Å². The zero-order chi connectivity index (χ0) is 17.7. The topological polar surface area (TPSA) is 61.1 Å². The Balaban J connectivity index is 1.83. The number of nitriles is 1. The van der Waals surface area contributed by atoms with E-state index in [0.717, 1.165) is 12.8 Å². The number of carboxylic acids is 1. The maximum atomic E-state index is 11.3. The molecule has 0 amide bonds. The molecule has 0 heterocycles. The molecule has 0 aliphatic heterocycles. The van der Waals surface area contributed by atoms with E-state index in [-0.39, 0.29) is 6.42 Å². The lowest BCUT2D eigenvalue weighted by atomic mass is 9.82. The Labute approximate surface area is 148 Å². The molecule has 0 spiro atoms. The van der Waals surface area contributed by atoms with Gasteiger partial charge in [0.2, 0.25) is 0 Å². The number of hydrogen-bond acceptors (Lipinski definition) is 2. The van der Waals surface area contributed by atoms with Crippen LogP contribution in [-0.2, 0) is 17.6 Å². The normalized spacial score (nSPS) is 21.6. The van der Waals surface area contributed by atoms with Crippen LogP contribution in [0.15, 0.2) is 60.7 Å². The summed E-state index contributed by atoms with van der Waals surface area (Å²) in [7, 11) is 0. The molecule has 1 aliphatic rings. The first-order chi connectivity index (χ1) is 12.1. The summed E-state index contributed by atoms with van der Waals surface area (Å²) >= 11 is 0.